The number of carbonyl (C=O) groups excluding carboxylic acids is 1. The van der Waals surface area contributed by atoms with Crippen molar-refractivity contribution < 1.29 is 24.9 Å². The van der Waals surface area contributed by atoms with E-state index in [1.54, 1.807) is 13.0 Å². The van der Waals surface area contributed by atoms with Crippen molar-refractivity contribution in [3.8, 4) is 0 Å². The molecule has 1 aliphatic heterocycles. The van der Waals surface area contributed by atoms with Crippen molar-refractivity contribution in [1.29, 1.82) is 0 Å². The van der Waals surface area contributed by atoms with Crippen LogP contribution in [-0.4, -0.2) is 39.3 Å². The Labute approximate surface area is 148 Å². The van der Waals surface area contributed by atoms with Crippen LogP contribution in [0.5, 0.6) is 0 Å². The van der Waals surface area contributed by atoms with Gasteiger partial charge in [-0.2, -0.15) is 0 Å². The van der Waals surface area contributed by atoms with E-state index in [2.05, 4.69) is 20.8 Å². The Morgan fingerprint density at radius 3 is 2.56 bits per heavy atom. The average Bonchev–Trinajstić information content (AvgIpc) is 2.73. The number of rotatable bonds is 0. The molecular formula is C20H28O5. The standard InChI is InChI=1S/C20H28O5/c1-10-12-8-11-13(21)9-14-18(2,3)6-5-7-19(14,4)15(11)16(22)20(12,24)25-17(10)23/h8,13-16,21-22,24H,5-7,9H2,1-4H3/t13-,14-,15+,16+,19+,20+/m0/s1. The van der Waals surface area contributed by atoms with Crippen LogP contribution in [0.2, 0.25) is 0 Å². The van der Waals surface area contributed by atoms with Crippen LogP contribution >= 0.6 is 0 Å². The van der Waals surface area contributed by atoms with Crippen molar-refractivity contribution in [1.82, 2.24) is 0 Å². The second-order valence-corrected chi connectivity index (χ2v) is 9.34. The number of aliphatic hydroxyl groups excluding tert-OH is 2. The summed E-state index contributed by atoms with van der Waals surface area (Å²) in [6.45, 7) is 8.20. The normalized spacial score (nSPS) is 48.3. The van der Waals surface area contributed by atoms with E-state index in [9.17, 15) is 20.1 Å². The second kappa shape index (κ2) is 4.96. The third-order valence-corrected chi connectivity index (χ3v) is 7.56. The maximum atomic E-state index is 12.0. The van der Waals surface area contributed by atoms with Gasteiger partial charge in [-0.25, -0.2) is 4.79 Å². The zero-order valence-electron chi connectivity index (χ0n) is 15.4. The summed E-state index contributed by atoms with van der Waals surface area (Å²) >= 11 is 0. The first-order valence-electron chi connectivity index (χ1n) is 9.27. The summed E-state index contributed by atoms with van der Waals surface area (Å²) in [4.78, 5) is 12.0. The fraction of sp³-hybridized carbons (Fsp3) is 0.750. The fourth-order valence-electron chi connectivity index (χ4n) is 6.28. The van der Waals surface area contributed by atoms with Crippen molar-refractivity contribution in [3.63, 3.8) is 0 Å². The van der Waals surface area contributed by atoms with Gasteiger partial charge >= 0.3 is 5.97 Å². The second-order valence-electron chi connectivity index (χ2n) is 9.34. The van der Waals surface area contributed by atoms with Crippen LogP contribution in [-0.2, 0) is 9.53 Å². The summed E-state index contributed by atoms with van der Waals surface area (Å²) in [7, 11) is 0. The summed E-state index contributed by atoms with van der Waals surface area (Å²) in [6, 6.07) is 0. The molecule has 0 aromatic carbocycles. The first kappa shape index (κ1) is 17.3. The Bertz CT molecular complexity index is 705. The molecule has 0 saturated heterocycles. The number of fused-ring (bicyclic) bond motifs is 4. The highest BCUT2D eigenvalue weighted by atomic mass is 16.7. The van der Waals surface area contributed by atoms with Crippen LogP contribution < -0.4 is 0 Å². The summed E-state index contributed by atoms with van der Waals surface area (Å²) in [5, 5.41) is 33.0. The van der Waals surface area contributed by atoms with Crippen LogP contribution in [0.25, 0.3) is 0 Å². The molecule has 0 aromatic rings. The van der Waals surface area contributed by atoms with Gasteiger partial charge in [-0.15, -0.1) is 0 Å². The van der Waals surface area contributed by atoms with E-state index in [0.717, 1.165) is 24.8 Å². The molecule has 0 radical (unpaired) electrons. The van der Waals surface area contributed by atoms with E-state index < -0.39 is 29.9 Å². The van der Waals surface area contributed by atoms with E-state index in [4.69, 9.17) is 4.74 Å². The van der Waals surface area contributed by atoms with Gasteiger partial charge in [0.15, 0.2) is 0 Å². The first-order chi connectivity index (χ1) is 11.5. The summed E-state index contributed by atoms with van der Waals surface area (Å²) < 4.78 is 5.20. The molecule has 3 aliphatic carbocycles. The van der Waals surface area contributed by atoms with Crippen molar-refractivity contribution in [3.05, 3.63) is 22.8 Å². The summed E-state index contributed by atoms with van der Waals surface area (Å²) in [6.07, 6.45) is 3.49. The van der Waals surface area contributed by atoms with Gasteiger partial charge in [0.1, 0.15) is 6.10 Å². The maximum Gasteiger partial charge on any atom is 0.337 e. The number of aliphatic hydroxyl groups is 3. The van der Waals surface area contributed by atoms with Gasteiger partial charge in [0, 0.05) is 17.1 Å². The molecule has 0 aromatic heterocycles. The Morgan fingerprint density at radius 2 is 1.88 bits per heavy atom. The maximum absolute atomic E-state index is 12.0. The highest BCUT2D eigenvalue weighted by Gasteiger charge is 2.65. The highest BCUT2D eigenvalue weighted by molar-refractivity contribution is 5.93. The van der Waals surface area contributed by atoms with Crippen molar-refractivity contribution >= 4 is 5.97 Å². The number of hydrogen-bond acceptors (Lipinski definition) is 5. The lowest BCUT2D eigenvalue weighted by molar-refractivity contribution is -0.244. The Morgan fingerprint density at radius 1 is 1.20 bits per heavy atom. The van der Waals surface area contributed by atoms with E-state index in [0.29, 0.717) is 17.6 Å². The largest absolute Gasteiger partial charge is 0.422 e. The van der Waals surface area contributed by atoms with Gasteiger partial charge in [0.25, 0.3) is 5.79 Å². The lowest BCUT2D eigenvalue weighted by atomic mass is 9.45. The Kier molecular flexibility index (Phi) is 3.42. The molecule has 138 valence electrons. The van der Waals surface area contributed by atoms with Crippen molar-refractivity contribution in [2.75, 3.05) is 0 Å². The average molecular weight is 348 g/mol. The Balaban J connectivity index is 1.89. The zero-order valence-corrected chi connectivity index (χ0v) is 15.4. The molecule has 0 spiro atoms. The number of ether oxygens (including phenoxy) is 1. The molecule has 3 N–H and O–H groups in total. The van der Waals surface area contributed by atoms with Crippen molar-refractivity contribution in [2.45, 2.75) is 71.4 Å². The van der Waals surface area contributed by atoms with E-state index in [1.807, 2.05) is 0 Å². The molecule has 2 saturated carbocycles. The minimum atomic E-state index is -2.00. The molecule has 0 amide bonds. The van der Waals surface area contributed by atoms with Gasteiger partial charge in [0.05, 0.1) is 6.10 Å². The van der Waals surface area contributed by atoms with Gasteiger partial charge in [-0.05, 0) is 54.6 Å². The van der Waals surface area contributed by atoms with Crippen LogP contribution in [0.4, 0.5) is 0 Å². The zero-order chi connectivity index (χ0) is 18.4. The van der Waals surface area contributed by atoms with E-state index in [-0.39, 0.29) is 16.7 Å². The molecular weight excluding hydrogens is 320 g/mol. The third-order valence-electron chi connectivity index (χ3n) is 7.56. The van der Waals surface area contributed by atoms with E-state index in [1.165, 1.54) is 0 Å². The predicted octanol–water partition coefficient (Wildman–Crippen LogP) is 2.06. The quantitative estimate of drug-likeness (QED) is 0.583. The molecule has 0 unspecified atom stereocenters. The minimum absolute atomic E-state index is 0.0558. The monoisotopic (exact) mass is 348 g/mol. The molecule has 25 heavy (non-hydrogen) atoms. The van der Waals surface area contributed by atoms with Crippen LogP contribution in [0.15, 0.2) is 22.8 Å². The first-order valence-corrected chi connectivity index (χ1v) is 9.27. The molecule has 0 bridgehead atoms. The fourth-order valence-corrected chi connectivity index (χ4v) is 6.28. The van der Waals surface area contributed by atoms with Crippen LogP contribution in [0.1, 0.15) is 53.4 Å². The number of hydrogen-bond donors (Lipinski definition) is 3. The Hall–Kier alpha value is -1.17. The lowest BCUT2D eigenvalue weighted by Crippen LogP contribution is -2.62. The molecule has 1 heterocycles. The highest BCUT2D eigenvalue weighted by Crippen LogP contribution is 2.64. The van der Waals surface area contributed by atoms with Gasteiger partial charge in [-0.3, -0.25) is 0 Å². The SMILES string of the molecule is CC1=C2C=C3[C@H]([C@@H](O)[C@]2(O)OC1=O)[C@]1(C)CCCC(C)(C)[C@@H]1C[C@@H]3O. The van der Waals surface area contributed by atoms with Gasteiger partial charge in [0.2, 0.25) is 0 Å². The minimum Gasteiger partial charge on any atom is -0.422 e. The molecule has 2 fully saturated rings. The lowest BCUT2D eigenvalue weighted by Gasteiger charge is -2.61. The van der Waals surface area contributed by atoms with Crippen LogP contribution in [0.3, 0.4) is 0 Å². The smallest absolute Gasteiger partial charge is 0.337 e. The molecule has 6 atom stereocenters. The summed E-state index contributed by atoms with van der Waals surface area (Å²) in [5.41, 5.74) is 1.14. The molecule has 4 rings (SSSR count). The third kappa shape index (κ3) is 2.03. The van der Waals surface area contributed by atoms with Crippen LogP contribution in [0, 0.1) is 22.7 Å². The summed E-state index contributed by atoms with van der Waals surface area (Å²) in [5.74, 6) is -2.80. The van der Waals surface area contributed by atoms with E-state index >= 15 is 0 Å². The predicted molar refractivity (Wildman–Crippen MR) is 91.2 cm³/mol. The number of carbonyl (C=O) groups is 1. The molecule has 5 nitrogen and oxygen atoms in total. The van der Waals surface area contributed by atoms with Gasteiger partial charge < -0.3 is 20.1 Å². The number of esters is 1. The topological polar surface area (TPSA) is 87.0 Å². The van der Waals surface area contributed by atoms with Gasteiger partial charge in [-0.1, -0.05) is 27.2 Å². The van der Waals surface area contributed by atoms with Crippen molar-refractivity contribution in [2.24, 2.45) is 22.7 Å². The molecule has 4 aliphatic rings. The molecule has 5 heteroatoms.